The van der Waals surface area contributed by atoms with Crippen molar-refractivity contribution in [2.45, 2.75) is 6.92 Å². The first-order valence-corrected chi connectivity index (χ1v) is 5.83. The van der Waals surface area contributed by atoms with Gasteiger partial charge in [0.15, 0.2) is 6.61 Å². The van der Waals surface area contributed by atoms with Crippen LogP contribution in [0.25, 0.3) is 0 Å². The number of carbonyl (C=O) groups excluding carboxylic acids is 2. The number of likely N-dealkylation sites (N-methyl/N-ethyl adjacent to an activating group) is 1. The predicted octanol–water partition coefficient (Wildman–Crippen LogP) is 0.912. The van der Waals surface area contributed by atoms with Crippen LogP contribution in [-0.4, -0.2) is 44.1 Å². The normalized spacial score (nSPS) is 9.84. The molecule has 0 atom stereocenters. The molecule has 0 aromatic heterocycles. The first kappa shape index (κ1) is 14.8. The van der Waals surface area contributed by atoms with Crippen molar-refractivity contribution in [2.75, 3.05) is 33.0 Å². The number of nitrogens with two attached hydrogens (primary N) is 1. The second-order valence-electron chi connectivity index (χ2n) is 3.98. The zero-order valence-electron chi connectivity index (χ0n) is 11.3. The maximum Gasteiger partial charge on any atom is 0.338 e. The number of nitrogen functional groups attached to an aromatic ring is 1. The van der Waals surface area contributed by atoms with E-state index in [9.17, 15) is 9.59 Å². The molecule has 6 heteroatoms. The Balaban J connectivity index is 2.68. The Morgan fingerprint density at radius 1 is 1.32 bits per heavy atom. The molecule has 19 heavy (non-hydrogen) atoms. The van der Waals surface area contributed by atoms with Crippen LogP contribution >= 0.6 is 0 Å². The summed E-state index contributed by atoms with van der Waals surface area (Å²) in [5.41, 5.74) is 6.28. The maximum atomic E-state index is 11.8. The fourth-order valence-corrected chi connectivity index (χ4v) is 1.35. The number of benzene rings is 1. The standard InChI is InChI=1S/C13H18N2O4/c1-4-15(2)12(16)8-19-13(17)9-5-10(14)7-11(6-9)18-3/h5-7H,4,8,14H2,1-3H3. The van der Waals surface area contributed by atoms with Crippen molar-refractivity contribution in [3.63, 3.8) is 0 Å². The Morgan fingerprint density at radius 3 is 2.58 bits per heavy atom. The highest BCUT2D eigenvalue weighted by Crippen LogP contribution is 2.19. The van der Waals surface area contributed by atoms with E-state index in [0.29, 0.717) is 18.0 Å². The summed E-state index contributed by atoms with van der Waals surface area (Å²) in [4.78, 5) is 24.7. The third kappa shape index (κ3) is 4.17. The fraction of sp³-hybridized carbons (Fsp3) is 0.385. The molecule has 0 unspecified atom stereocenters. The van der Waals surface area contributed by atoms with Crippen LogP contribution in [0, 0.1) is 0 Å². The second-order valence-corrected chi connectivity index (χ2v) is 3.98. The quantitative estimate of drug-likeness (QED) is 0.633. The fourth-order valence-electron chi connectivity index (χ4n) is 1.35. The average Bonchev–Trinajstić information content (AvgIpc) is 2.42. The SMILES string of the molecule is CCN(C)C(=O)COC(=O)c1cc(N)cc(OC)c1. The van der Waals surface area contributed by atoms with Gasteiger partial charge < -0.3 is 20.1 Å². The smallest absolute Gasteiger partial charge is 0.338 e. The van der Waals surface area contributed by atoms with Crippen LogP contribution in [0.15, 0.2) is 18.2 Å². The van der Waals surface area contributed by atoms with Crippen LogP contribution in [0.3, 0.4) is 0 Å². The molecule has 0 heterocycles. The van der Waals surface area contributed by atoms with Crippen molar-refractivity contribution in [3.8, 4) is 5.75 Å². The predicted molar refractivity (Wildman–Crippen MR) is 71.0 cm³/mol. The highest BCUT2D eigenvalue weighted by atomic mass is 16.5. The topological polar surface area (TPSA) is 81.9 Å². The van der Waals surface area contributed by atoms with Crippen molar-refractivity contribution in [1.29, 1.82) is 0 Å². The van der Waals surface area contributed by atoms with Gasteiger partial charge in [0.25, 0.3) is 5.91 Å². The summed E-state index contributed by atoms with van der Waals surface area (Å²) >= 11 is 0. The minimum absolute atomic E-state index is 0.254. The average molecular weight is 266 g/mol. The number of carbonyl (C=O) groups is 2. The molecule has 6 nitrogen and oxygen atoms in total. The van der Waals surface area contributed by atoms with E-state index in [1.54, 1.807) is 13.1 Å². The zero-order valence-corrected chi connectivity index (χ0v) is 11.3. The molecule has 0 fully saturated rings. The molecule has 0 saturated heterocycles. The van der Waals surface area contributed by atoms with E-state index >= 15 is 0 Å². The lowest BCUT2D eigenvalue weighted by molar-refractivity contribution is -0.133. The molecule has 0 bridgehead atoms. The molecule has 1 rings (SSSR count). The first-order chi connectivity index (χ1) is 8.97. The van der Waals surface area contributed by atoms with Crippen molar-refractivity contribution in [3.05, 3.63) is 23.8 Å². The molecule has 0 saturated carbocycles. The number of rotatable bonds is 5. The Hall–Kier alpha value is -2.24. The van der Waals surface area contributed by atoms with E-state index in [-0.39, 0.29) is 18.1 Å². The summed E-state index contributed by atoms with van der Waals surface area (Å²) in [7, 11) is 3.11. The molecule has 0 aliphatic heterocycles. The summed E-state index contributed by atoms with van der Waals surface area (Å²) in [6.45, 7) is 2.10. The third-order valence-corrected chi connectivity index (χ3v) is 2.63. The number of methoxy groups -OCH3 is 1. The van der Waals surface area contributed by atoms with Gasteiger partial charge in [-0.1, -0.05) is 0 Å². The minimum atomic E-state index is -0.608. The molecular weight excluding hydrogens is 248 g/mol. The number of amides is 1. The van der Waals surface area contributed by atoms with Crippen molar-refractivity contribution < 1.29 is 19.1 Å². The van der Waals surface area contributed by atoms with Gasteiger partial charge in [-0.3, -0.25) is 4.79 Å². The van der Waals surface area contributed by atoms with Crippen molar-refractivity contribution >= 4 is 17.6 Å². The van der Waals surface area contributed by atoms with Gasteiger partial charge in [0.1, 0.15) is 5.75 Å². The molecule has 0 spiro atoms. The number of hydrogen-bond acceptors (Lipinski definition) is 5. The molecule has 1 aromatic rings. The molecule has 0 aliphatic rings. The van der Waals surface area contributed by atoms with Gasteiger partial charge in [0, 0.05) is 25.3 Å². The molecule has 0 aliphatic carbocycles. The summed E-state index contributed by atoms with van der Waals surface area (Å²) in [5, 5.41) is 0. The number of anilines is 1. The minimum Gasteiger partial charge on any atom is -0.497 e. The van der Waals surface area contributed by atoms with Crippen molar-refractivity contribution in [2.24, 2.45) is 0 Å². The van der Waals surface area contributed by atoms with Crippen LogP contribution < -0.4 is 10.5 Å². The molecular formula is C13H18N2O4. The summed E-state index contributed by atoms with van der Waals surface area (Å²) in [5.74, 6) is -0.404. The van der Waals surface area contributed by atoms with Crippen LogP contribution in [0.5, 0.6) is 5.75 Å². The Bertz CT molecular complexity index is 474. The molecule has 0 radical (unpaired) electrons. The van der Waals surface area contributed by atoms with Gasteiger partial charge in [-0.25, -0.2) is 4.79 Å². The number of esters is 1. The summed E-state index contributed by atoms with van der Waals surface area (Å²) in [6, 6.07) is 4.57. The lowest BCUT2D eigenvalue weighted by Crippen LogP contribution is -2.30. The number of hydrogen-bond donors (Lipinski definition) is 1. The second kappa shape index (κ2) is 6.63. The van der Waals surface area contributed by atoms with Gasteiger partial charge in [0.2, 0.25) is 0 Å². The largest absolute Gasteiger partial charge is 0.497 e. The molecule has 1 amide bonds. The van der Waals surface area contributed by atoms with E-state index < -0.39 is 5.97 Å². The van der Waals surface area contributed by atoms with E-state index in [2.05, 4.69) is 0 Å². The van der Waals surface area contributed by atoms with E-state index in [0.717, 1.165) is 0 Å². The van der Waals surface area contributed by atoms with E-state index in [4.69, 9.17) is 15.2 Å². The van der Waals surface area contributed by atoms with Gasteiger partial charge in [-0.2, -0.15) is 0 Å². The Labute approximate surface area is 112 Å². The monoisotopic (exact) mass is 266 g/mol. The highest BCUT2D eigenvalue weighted by molar-refractivity contribution is 5.92. The number of ether oxygens (including phenoxy) is 2. The third-order valence-electron chi connectivity index (χ3n) is 2.63. The Kier molecular flexibility index (Phi) is 5.17. The summed E-state index contributed by atoms with van der Waals surface area (Å²) < 4.78 is 9.93. The zero-order chi connectivity index (χ0) is 14.4. The van der Waals surface area contributed by atoms with Gasteiger partial charge in [-0.15, -0.1) is 0 Å². The van der Waals surface area contributed by atoms with Crippen LogP contribution in [-0.2, 0) is 9.53 Å². The lowest BCUT2D eigenvalue weighted by atomic mass is 10.2. The maximum absolute atomic E-state index is 11.8. The van der Waals surface area contributed by atoms with Crippen molar-refractivity contribution in [1.82, 2.24) is 4.90 Å². The molecule has 2 N–H and O–H groups in total. The van der Waals surface area contributed by atoms with Gasteiger partial charge in [0.05, 0.1) is 12.7 Å². The lowest BCUT2D eigenvalue weighted by Gasteiger charge is -2.14. The summed E-state index contributed by atoms with van der Waals surface area (Å²) in [6.07, 6.45) is 0. The molecule has 1 aromatic carbocycles. The van der Waals surface area contributed by atoms with E-state index in [1.165, 1.54) is 24.1 Å². The van der Waals surface area contributed by atoms with Crippen LogP contribution in [0.2, 0.25) is 0 Å². The highest BCUT2D eigenvalue weighted by Gasteiger charge is 2.13. The van der Waals surface area contributed by atoms with Crippen LogP contribution in [0.4, 0.5) is 5.69 Å². The molecule has 104 valence electrons. The number of nitrogens with zero attached hydrogens (tertiary/aromatic N) is 1. The Morgan fingerprint density at radius 2 is 2.00 bits per heavy atom. The van der Waals surface area contributed by atoms with Crippen LogP contribution in [0.1, 0.15) is 17.3 Å². The van der Waals surface area contributed by atoms with Gasteiger partial charge in [-0.05, 0) is 19.1 Å². The first-order valence-electron chi connectivity index (χ1n) is 5.83. The van der Waals surface area contributed by atoms with Gasteiger partial charge >= 0.3 is 5.97 Å². The van der Waals surface area contributed by atoms with E-state index in [1.807, 2.05) is 6.92 Å².